The molecule has 6 heteroatoms. The highest BCUT2D eigenvalue weighted by molar-refractivity contribution is 7.89. The van der Waals surface area contributed by atoms with Crippen molar-refractivity contribution in [1.29, 1.82) is 0 Å². The standard InChI is InChI=1S/C12H15NO4S/c1-9-4-6-10(7-5-9)18(16,17)13-8-2-3-11(13)12(14)15/h4-7,11H,2-3,8H2,1H3,(H,14,15)/p-1/t11-/m1/s1. The van der Waals surface area contributed by atoms with Gasteiger partial charge in [0.15, 0.2) is 0 Å². The zero-order valence-electron chi connectivity index (χ0n) is 10.00. The average Bonchev–Trinajstić information content (AvgIpc) is 2.79. The van der Waals surface area contributed by atoms with E-state index in [-0.39, 0.29) is 11.4 Å². The third-order valence-corrected chi connectivity index (χ3v) is 5.03. The van der Waals surface area contributed by atoms with Crippen LogP contribution in [-0.4, -0.2) is 31.3 Å². The first-order valence-corrected chi connectivity index (χ1v) is 7.16. The van der Waals surface area contributed by atoms with Crippen LogP contribution in [0.15, 0.2) is 29.2 Å². The van der Waals surface area contributed by atoms with Gasteiger partial charge in [0, 0.05) is 6.54 Å². The molecule has 0 bridgehead atoms. The van der Waals surface area contributed by atoms with Gasteiger partial charge in [0.2, 0.25) is 10.0 Å². The molecule has 0 aliphatic carbocycles. The lowest BCUT2D eigenvalue weighted by molar-refractivity contribution is -0.309. The first-order chi connectivity index (χ1) is 8.43. The number of carbonyl (C=O) groups excluding carboxylic acids is 1. The average molecular weight is 268 g/mol. The van der Waals surface area contributed by atoms with Gasteiger partial charge in [-0.15, -0.1) is 0 Å². The number of carbonyl (C=O) groups is 1. The molecule has 0 unspecified atom stereocenters. The van der Waals surface area contributed by atoms with Crippen molar-refractivity contribution in [2.45, 2.75) is 30.7 Å². The number of carboxylic acid groups (broad SMARTS) is 1. The van der Waals surface area contributed by atoms with Gasteiger partial charge in [0.1, 0.15) is 0 Å². The van der Waals surface area contributed by atoms with Crippen LogP contribution in [0.25, 0.3) is 0 Å². The van der Waals surface area contributed by atoms with Crippen LogP contribution in [0.5, 0.6) is 0 Å². The second-order valence-electron chi connectivity index (χ2n) is 4.41. The predicted molar refractivity (Wildman–Crippen MR) is 63.1 cm³/mol. The van der Waals surface area contributed by atoms with Crippen molar-refractivity contribution in [2.24, 2.45) is 0 Å². The third-order valence-electron chi connectivity index (χ3n) is 3.10. The van der Waals surface area contributed by atoms with E-state index < -0.39 is 22.0 Å². The topological polar surface area (TPSA) is 77.5 Å². The van der Waals surface area contributed by atoms with E-state index in [0.717, 1.165) is 9.87 Å². The van der Waals surface area contributed by atoms with E-state index in [1.807, 2.05) is 6.92 Å². The van der Waals surface area contributed by atoms with Crippen molar-refractivity contribution in [1.82, 2.24) is 4.31 Å². The Morgan fingerprint density at radius 2 is 1.94 bits per heavy atom. The van der Waals surface area contributed by atoms with E-state index in [4.69, 9.17) is 0 Å². The lowest BCUT2D eigenvalue weighted by atomic mass is 10.2. The van der Waals surface area contributed by atoms with Crippen LogP contribution in [0.4, 0.5) is 0 Å². The summed E-state index contributed by atoms with van der Waals surface area (Å²) in [6.45, 7) is 2.09. The highest BCUT2D eigenvalue weighted by Crippen LogP contribution is 2.25. The van der Waals surface area contributed by atoms with Crippen LogP contribution in [0.3, 0.4) is 0 Å². The van der Waals surface area contributed by atoms with Gasteiger partial charge in [-0.3, -0.25) is 0 Å². The van der Waals surface area contributed by atoms with Gasteiger partial charge in [-0.1, -0.05) is 17.7 Å². The molecule has 0 saturated carbocycles. The Bertz CT molecular complexity index is 550. The number of benzene rings is 1. The normalized spacial score (nSPS) is 21.1. The molecule has 1 aromatic carbocycles. The number of hydrogen-bond acceptors (Lipinski definition) is 4. The summed E-state index contributed by atoms with van der Waals surface area (Å²) in [5.41, 5.74) is 0.951. The van der Waals surface area contributed by atoms with Gasteiger partial charge in [-0.05, 0) is 31.9 Å². The van der Waals surface area contributed by atoms with Crippen molar-refractivity contribution in [2.75, 3.05) is 6.54 Å². The number of aliphatic carboxylic acids is 1. The predicted octanol–water partition coefficient (Wildman–Crippen LogP) is -0.102. The Kier molecular flexibility index (Phi) is 3.41. The Morgan fingerprint density at radius 1 is 1.33 bits per heavy atom. The molecule has 0 amide bonds. The second-order valence-corrected chi connectivity index (χ2v) is 6.30. The minimum atomic E-state index is -3.74. The Balaban J connectivity index is 2.36. The Labute approximate surface area is 106 Å². The maximum Gasteiger partial charge on any atom is 0.243 e. The van der Waals surface area contributed by atoms with Gasteiger partial charge in [0.05, 0.1) is 16.9 Å². The molecule has 5 nitrogen and oxygen atoms in total. The molecule has 98 valence electrons. The molecule has 0 radical (unpaired) electrons. The molecule has 1 saturated heterocycles. The van der Waals surface area contributed by atoms with Crippen LogP contribution in [0.1, 0.15) is 18.4 Å². The van der Waals surface area contributed by atoms with Crippen molar-refractivity contribution in [3.63, 3.8) is 0 Å². The van der Waals surface area contributed by atoms with Crippen LogP contribution < -0.4 is 5.11 Å². The number of hydrogen-bond donors (Lipinski definition) is 0. The van der Waals surface area contributed by atoms with Gasteiger partial charge in [0.25, 0.3) is 0 Å². The largest absolute Gasteiger partial charge is 0.548 e. The second kappa shape index (κ2) is 4.70. The summed E-state index contributed by atoms with van der Waals surface area (Å²) in [5, 5.41) is 10.9. The van der Waals surface area contributed by atoms with Crippen LogP contribution in [0, 0.1) is 6.92 Å². The van der Waals surface area contributed by atoms with Crippen LogP contribution in [0.2, 0.25) is 0 Å². The summed E-state index contributed by atoms with van der Waals surface area (Å²) < 4.78 is 25.6. The summed E-state index contributed by atoms with van der Waals surface area (Å²) in [6, 6.07) is 5.33. The zero-order valence-corrected chi connectivity index (χ0v) is 10.8. The first kappa shape index (κ1) is 13.0. The Morgan fingerprint density at radius 3 is 2.50 bits per heavy atom. The molecule has 1 aliphatic heterocycles. The maximum atomic E-state index is 12.3. The smallest absolute Gasteiger partial charge is 0.243 e. The summed E-state index contributed by atoms with van der Waals surface area (Å²) in [7, 11) is -3.74. The minimum Gasteiger partial charge on any atom is -0.548 e. The number of nitrogens with zero attached hydrogens (tertiary/aromatic N) is 1. The molecule has 1 aliphatic rings. The summed E-state index contributed by atoms with van der Waals surface area (Å²) in [5.74, 6) is -1.33. The van der Waals surface area contributed by atoms with E-state index in [9.17, 15) is 18.3 Å². The van der Waals surface area contributed by atoms with Crippen LogP contribution >= 0.6 is 0 Å². The van der Waals surface area contributed by atoms with Crippen molar-refractivity contribution in [3.05, 3.63) is 29.8 Å². The summed E-state index contributed by atoms with van der Waals surface area (Å²) in [6.07, 6.45) is 0.858. The molecule has 1 heterocycles. The molecule has 2 rings (SSSR count). The van der Waals surface area contributed by atoms with E-state index in [1.165, 1.54) is 12.1 Å². The van der Waals surface area contributed by atoms with Crippen molar-refractivity contribution >= 4 is 16.0 Å². The molecular weight excluding hydrogens is 254 g/mol. The Hall–Kier alpha value is -1.40. The number of sulfonamides is 1. The monoisotopic (exact) mass is 268 g/mol. The van der Waals surface area contributed by atoms with E-state index in [1.54, 1.807) is 12.1 Å². The molecule has 1 aromatic rings. The molecule has 18 heavy (non-hydrogen) atoms. The molecule has 0 spiro atoms. The molecule has 0 N–H and O–H groups in total. The maximum absolute atomic E-state index is 12.3. The van der Waals surface area contributed by atoms with Crippen molar-refractivity contribution in [3.8, 4) is 0 Å². The van der Waals surface area contributed by atoms with E-state index >= 15 is 0 Å². The highest BCUT2D eigenvalue weighted by Gasteiger charge is 2.35. The SMILES string of the molecule is Cc1ccc(S(=O)(=O)N2CCC[C@@H]2C(=O)[O-])cc1. The number of aryl methyl sites for hydroxylation is 1. The summed E-state index contributed by atoms with van der Waals surface area (Å²) in [4.78, 5) is 11.1. The quantitative estimate of drug-likeness (QED) is 0.767. The van der Waals surface area contributed by atoms with Gasteiger partial charge in [-0.25, -0.2) is 8.42 Å². The summed E-state index contributed by atoms with van der Waals surface area (Å²) >= 11 is 0. The lowest BCUT2D eigenvalue weighted by Gasteiger charge is -2.24. The van der Waals surface area contributed by atoms with E-state index in [0.29, 0.717) is 12.8 Å². The molecule has 1 fully saturated rings. The lowest BCUT2D eigenvalue weighted by Crippen LogP contribution is -2.46. The fourth-order valence-corrected chi connectivity index (χ4v) is 3.76. The third kappa shape index (κ3) is 2.26. The molecular formula is C12H14NO4S-. The van der Waals surface area contributed by atoms with Gasteiger partial charge in [-0.2, -0.15) is 4.31 Å². The van der Waals surface area contributed by atoms with Crippen molar-refractivity contribution < 1.29 is 18.3 Å². The number of rotatable bonds is 3. The first-order valence-electron chi connectivity index (χ1n) is 5.72. The highest BCUT2D eigenvalue weighted by atomic mass is 32.2. The van der Waals surface area contributed by atoms with Gasteiger partial charge < -0.3 is 9.90 Å². The van der Waals surface area contributed by atoms with Crippen LogP contribution in [-0.2, 0) is 14.8 Å². The minimum absolute atomic E-state index is 0.126. The molecule has 1 atom stereocenters. The van der Waals surface area contributed by atoms with E-state index in [2.05, 4.69) is 0 Å². The fourth-order valence-electron chi connectivity index (χ4n) is 2.11. The molecule has 0 aromatic heterocycles. The number of carboxylic acids is 1. The zero-order chi connectivity index (χ0) is 13.3. The fraction of sp³-hybridized carbons (Fsp3) is 0.417. The van der Waals surface area contributed by atoms with Gasteiger partial charge >= 0.3 is 0 Å².